The highest BCUT2D eigenvalue weighted by Crippen LogP contribution is 2.39. The molecule has 0 radical (unpaired) electrons. The summed E-state index contributed by atoms with van der Waals surface area (Å²) in [7, 11) is 1.59. The summed E-state index contributed by atoms with van der Waals surface area (Å²) in [4.78, 5) is 21.4. The van der Waals surface area contributed by atoms with E-state index in [9.17, 15) is 4.79 Å². The molecule has 1 aliphatic carbocycles. The minimum Gasteiger partial charge on any atom is -0.486 e. The van der Waals surface area contributed by atoms with Crippen molar-refractivity contribution in [3.8, 4) is 17.4 Å². The zero-order chi connectivity index (χ0) is 24.5. The van der Waals surface area contributed by atoms with Crippen molar-refractivity contribution in [1.82, 2.24) is 20.6 Å². The van der Waals surface area contributed by atoms with Crippen LogP contribution in [0.1, 0.15) is 42.9 Å². The molecule has 188 valence electrons. The van der Waals surface area contributed by atoms with Crippen LogP contribution in [0.15, 0.2) is 42.6 Å². The average molecular weight is 491 g/mol. The molecule has 1 saturated heterocycles. The molecule has 4 heterocycles. The molecule has 2 aliphatic heterocycles. The number of aromatic nitrogens is 2. The van der Waals surface area contributed by atoms with Crippen molar-refractivity contribution in [2.24, 2.45) is 5.92 Å². The Morgan fingerprint density at radius 2 is 1.89 bits per heavy atom. The average Bonchev–Trinajstić information content (AvgIpc) is 3.32. The first kappa shape index (κ1) is 22.8. The smallest absolute Gasteiger partial charge is 0.408 e. The molecule has 2 fully saturated rings. The number of nitrogens with zero attached hydrogens (tertiary/aromatic N) is 2. The second-order valence-electron chi connectivity index (χ2n) is 9.59. The molecule has 9 nitrogen and oxygen atoms in total. The van der Waals surface area contributed by atoms with Crippen LogP contribution in [0.3, 0.4) is 0 Å². The Morgan fingerprint density at radius 1 is 1.06 bits per heavy atom. The number of benzene rings is 1. The van der Waals surface area contributed by atoms with Gasteiger partial charge in [0.2, 0.25) is 5.88 Å². The molecule has 0 bridgehead atoms. The SMILES string of the molecule is COc1ccc2nccc([C@H]3OC(=O)N[C@@H]3C3CCC(NCc4ccc5c(c4)OCCO5)CC3)c2n1. The summed E-state index contributed by atoms with van der Waals surface area (Å²) >= 11 is 0. The molecule has 2 atom stereocenters. The molecule has 3 aliphatic rings. The predicted molar refractivity (Wildman–Crippen MR) is 132 cm³/mol. The monoisotopic (exact) mass is 490 g/mol. The third-order valence-electron chi connectivity index (χ3n) is 7.43. The van der Waals surface area contributed by atoms with Crippen LogP contribution in [0.5, 0.6) is 17.4 Å². The largest absolute Gasteiger partial charge is 0.486 e. The van der Waals surface area contributed by atoms with Crippen LogP contribution >= 0.6 is 0 Å². The lowest BCUT2D eigenvalue weighted by Gasteiger charge is -2.34. The van der Waals surface area contributed by atoms with Crippen LogP contribution in [0, 0.1) is 5.92 Å². The minimum absolute atomic E-state index is 0.102. The van der Waals surface area contributed by atoms with Gasteiger partial charge in [-0.25, -0.2) is 9.78 Å². The van der Waals surface area contributed by atoms with E-state index in [1.165, 1.54) is 5.56 Å². The highest BCUT2D eigenvalue weighted by Gasteiger charge is 2.42. The lowest BCUT2D eigenvalue weighted by molar-refractivity contribution is 0.115. The lowest BCUT2D eigenvalue weighted by atomic mass is 9.78. The normalized spacial score (nSPS) is 25.3. The number of ether oxygens (including phenoxy) is 4. The van der Waals surface area contributed by atoms with Crippen molar-refractivity contribution >= 4 is 17.1 Å². The fraction of sp³-hybridized carbons (Fsp3) is 0.444. The van der Waals surface area contributed by atoms with E-state index in [-0.39, 0.29) is 12.1 Å². The highest BCUT2D eigenvalue weighted by molar-refractivity contribution is 5.80. The fourth-order valence-electron chi connectivity index (χ4n) is 5.57. The summed E-state index contributed by atoms with van der Waals surface area (Å²) in [5.41, 5.74) is 3.51. The first-order chi connectivity index (χ1) is 17.7. The van der Waals surface area contributed by atoms with Crippen LogP contribution in [-0.2, 0) is 11.3 Å². The van der Waals surface area contributed by atoms with Crippen LogP contribution in [0.25, 0.3) is 11.0 Å². The second-order valence-corrected chi connectivity index (χ2v) is 9.59. The van der Waals surface area contributed by atoms with E-state index in [2.05, 4.69) is 32.7 Å². The van der Waals surface area contributed by atoms with Gasteiger partial charge in [-0.2, -0.15) is 0 Å². The van der Waals surface area contributed by atoms with E-state index >= 15 is 0 Å². The van der Waals surface area contributed by atoms with Crippen molar-refractivity contribution < 1.29 is 23.7 Å². The summed E-state index contributed by atoms with van der Waals surface area (Å²) in [6.45, 7) is 1.98. The number of pyridine rings is 2. The minimum atomic E-state index is -0.408. The number of methoxy groups -OCH3 is 1. The van der Waals surface area contributed by atoms with Gasteiger partial charge in [-0.1, -0.05) is 6.07 Å². The molecule has 9 heteroatoms. The Morgan fingerprint density at radius 3 is 2.72 bits per heavy atom. The Labute approximate surface area is 209 Å². The summed E-state index contributed by atoms with van der Waals surface area (Å²) in [5.74, 6) is 2.47. The van der Waals surface area contributed by atoms with Crippen LogP contribution in [0.4, 0.5) is 4.79 Å². The lowest BCUT2D eigenvalue weighted by Crippen LogP contribution is -2.41. The third-order valence-corrected chi connectivity index (χ3v) is 7.43. The number of amides is 1. The maximum Gasteiger partial charge on any atom is 0.408 e. The zero-order valence-electron chi connectivity index (χ0n) is 20.2. The fourth-order valence-corrected chi connectivity index (χ4v) is 5.57. The molecule has 1 saturated carbocycles. The van der Waals surface area contributed by atoms with Gasteiger partial charge in [-0.15, -0.1) is 0 Å². The van der Waals surface area contributed by atoms with Gasteiger partial charge in [0.15, 0.2) is 17.6 Å². The third kappa shape index (κ3) is 4.51. The molecule has 3 aromatic rings. The van der Waals surface area contributed by atoms with Gasteiger partial charge in [0.05, 0.1) is 24.2 Å². The number of cyclic esters (lactones) is 1. The zero-order valence-corrected chi connectivity index (χ0v) is 20.2. The summed E-state index contributed by atoms with van der Waals surface area (Å²) in [6, 6.07) is 12.0. The van der Waals surface area contributed by atoms with E-state index in [0.717, 1.165) is 54.8 Å². The maximum atomic E-state index is 12.3. The molecule has 0 unspecified atom stereocenters. The summed E-state index contributed by atoms with van der Waals surface area (Å²) in [6.07, 6.45) is 5.04. The molecule has 0 spiro atoms. The predicted octanol–water partition coefficient (Wildman–Crippen LogP) is 3.91. The van der Waals surface area contributed by atoms with Crippen molar-refractivity contribution in [2.75, 3.05) is 20.3 Å². The van der Waals surface area contributed by atoms with Gasteiger partial charge < -0.3 is 29.6 Å². The Bertz CT molecular complexity index is 1260. The second kappa shape index (κ2) is 9.81. The first-order valence-electron chi connectivity index (χ1n) is 12.6. The first-order valence-corrected chi connectivity index (χ1v) is 12.6. The maximum absolute atomic E-state index is 12.3. The molecular formula is C27H30N4O5. The number of fused-ring (bicyclic) bond motifs is 2. The molecule has 6 rings (SSSR count). The Balaban J connectivity index is 1.11. The van der Waals surface area contributed by atoms with Gasteiger partial charge in [0, 0.05) is 30.4 Å². The standard InChI is InChI=1S/C27H30N4O5/c1-33-23-9-7-20-25(30-23)19(10-11-28-20)26-24(31-27(32)36-26)17-3-5-18(6-4-17)29-15-16-2-8-21-22(14-16)35-13-12-34-21/h2,7-11,14,17-18,24,26,29H,3-6,12-13,15H2,1H3,(H,31,32)/t17?,18?,24-,26-/m1/s1. The van der Waals surface area contributed by atoms with Gasteiger partial charge in [0.25, 0.3) is 0 Å². The van der Waals surface area contributed by atoms with E-state index in [1.54, 1.807) is 19.4 Å². The van der Waals surface area contributed by atoms with E-state index in [1.807, 2.05) is 18.2 Å². The molecular weight excluding hydrogens is 460 g/mol. The van der Waals surface area contributed by atoms with E-state index < -0.39 is 6.10 Å². The summed E-state index contributed by atoms with van der Waals surface area (Å²) in [5, 5.41) is 6.78. The Hall–Kier alpha value is -3.59. The van der Waals surface area contributed by atoms with Gasteiger partial charge in [-0.3, -0.25) is 4.98 Å². The van der Waals surface area contributed by atoms with Gasteiger partial charge in [-0.05, 0) is 61.4 Å². The van der Waals surface area contributed by atoms with Crippen molar-refractivity contribution in [2.45, 2.75) is 50.4 Å². The van der Waals surface area contributed by atoms with Gasteiger partial charge in [0.1, 0.15) is 13.2 Å². The van der Waals surface area contributed by atoms with Crippen molar-refractivity contribution in [1.29, 1.82) is 0 Å². The number of carbonyl (C=O) groups excluding carboxylic acids is 1. The topological polar surface area (TPSA) is 104 Å². The van der Waals surface area contributed by atoms with Crippen LogP contribution < -0.4 is 24.8 Å². The Kier molecular flexibility index (Phi) is 6.23. The number of carbonyl (C=O) groups is 1. The summed E-state index contributed by atoms with van der Waals surface area (Å²) < 4.78 is 22.4. The number of alkyl carbamates (subject to hydrolysis) is 1. The molecule has 1 aromatic carbocycles. The number of rotatable bonds is 6. The van der Waals surface area contributed by atoms with Crippen molar-refractivity contribution in [3.63, 3.8) is 0 Å². The number of hydrogen-bond acceptors (Lipinski definition) is 8. The molecule has 36 heavy (non-hydrogen) atoms. The van der Waals surface area contributed by atoms with Crippen molar-refractivity contribution in [3.05, 3.63) is 53.7 Å². The molecule has 1 amide bonds. The van der Waals surface area contributed by atoms with Gasteiger partial charge >= 0.3 is 6.09 Å². The van der Waals surface area contributed by atoms with Crippen LogP contribution in [0.2, 0.25) is 0 Å². The molecule has 2 N–H and O–H groups in total. The van der Waals surface area contributed by atoms with E-state index in [0.29, 0.717) is 36.6 Å². The number of nitrogens with one attached hydrogen (secondary N) is 2. The highest BCUT2D eigenvalue weighted by atomic mass is 16.6. The van der Waals surface area contributed by atoms with E-state index in [4.69, 9.17) is 18.9 Å². The molecule has 2 aromatic heterocycles. The van der Waals surface area contributed by atoms with Crippen LogP contribution in [-0.4, -0.2) is 48.5 Å². The number of hydrogen-bond donors (Lipinski definition) is 2. The quantitative estimate of drug-likeness (QED) is 0.536.